The van der Waals surface area contributed by atoms with Gasteiger partial charge < -0.3 is 9.74 Å². The Hall–Kier alpha value is -1.48. The molecule has 0 saturated heterocycles. The minimum atomic E-state index is -2.29. The van der Waals surface area contributed by atoms with Crippen molar-refractivity contribution >= 4 is 14.2 Å². The number of nitrogens with one attached hydrogen (secondary N) is 1. The Morgan fingerprint density at radius 2 is 1.46 bits per heavy atom. The third kappa shape index (κ3) is 5.00. The zero-order valence-corrected chi connectivity index (χ0v) is 14.7. The molecular weight excluding hydrogens is 349 g/mol. The van der Waals surface area contributed by atoms with Crippen molar-refractivity contribution in [1.82, 2.24) is 5.32 Å². The second-order valence-electron chi connectivity index (χ2n) is 5.85. The van der Waals surface area contributed by atoms with Gasteiger partial charge in [0.15, 0.2) is 31.6 Å². The minimum Gasteiger partial charge on any atom is -0.418 e. The maximum Gasteiger partial charge on any atom is 0.257 e. The van der Waals surface area contributed by atoms with Gasteiger partial charge in [-0.1, -0.05) is 6.42 Å². The van der Waals surface area contributed by atoms with E-state index < -0.39 is 48.9 Å². The van der Waals surface area contributed by atoms with Crippen molar-refractivity contribution in [3.05, 3.63) is 34.6 Å². The topological polar surface area (TPSA) is 38.3 Å². The first-order chi connectivity index (χ1) is 11.1. The summed E-state index contributed by atoms with van der Waals surface area (Å²) in [4.78, 5) is 11.7. The number of benzene rings is 1. The van der Waals surface area contributed by atoms with E-state index in [9.17, 15) is 26.7 Å². The molecule has 0 fully saturated rings. The van der Waals surface area contributed by atoms with Gasteiger partial charge in [-0.2, -0.15) is 0 Å². The highest BCUT2D eigenvalue weighted by Crippen LogP contribution is 2.23. The SMILES string of the molecule is CCO[Si](C)(C)CCCCNC(=O)c1c(F)c(F)c(F)c(F)c1F. The van der Waals surface area contributed by atoms with Gasteiger partial charge >= 0.3 is 0 Å². The molecule has 0 aliphatic carbocycles. The van der Waals surface area contributed by atoms with Gasteiger partial charge in [0.25, 0.3) is 5.91 Å². The predicted octanol–water partition coefficient (Wildman–Crippen LogP) is 4.13. The molecule has 0 aliphatic rings. The van der Waals surface area contributed by atoms with E-state index in [1.54, 1.807) is 0 Å². The molecular formula is C15H20F5NO2Si. The van der Waals surface area contributed by atoms with Crippen molar-refractivity contribution in [2.75, 3.05) is 13.2 Å². The summed E-state index contributed by atoms with van der Waals surface area (Å²) >= 11 is 0. The van der Waals surface area contributed by atoms with E-state index in [1.165, 1.54) is 0 Å². The molecule has 0 unspecified atom stereocenters. The number of halogens is 5. The van der Waals surface area contributed by atoms with Gasteiger partial charge in [0.2, 0.25) is 5.82 Å². The highest BCUT2D eigenvalue weighted by Gasteiger charge is 2.29. The first-order valence-electron chi connectivity index (χ1n) is 7.56. The van der Waals surface area contributed by atoms with Crippen molar-refractivity contribution in [1.29, 1.82) is 0 Å². The Balaban J connectivity index is 2.62. The largest absolute Gasteiger partial charge is 0.418 e. The van der Waals surface area contributed by atoms with Gasteiger partial charge in [0.1, 0.15) is 5.56 Å². The first kappa shape index (κ1) is 20.6. The summed E-state index contributed by atoms with van der Waals surface area (Å²) in [6.45, 7) is 6.68. The van der Waals surface area contributed by atoms with Crippen molar-refractivity contribution in [3.8, 4) is 0 Å². The lowest BCUT2D eigenvalue weighted by atomic mass is 10.1. The third-order valence-electron chi connectivity index (χ3n) is 3.46. The van der Waals surface area contributed by atoms with E-state index in [4.69, 9.17) is 4.43 Å². The van der Waals surface area contributed by atoms with Gasteiger partial charge in [-0.3, -0.25) is 4.79 Å². The molecule has 1 N–H and O–H groups in total. The lowest BCUT2D eigenvalue weighted by Gasteiger charge is -2.21. The van der Waals surface area contributed by atoms with Gasteiger partial charge in [-0.05, 0) is 32.5 Å². The van der Waals surface area contributed by atoms with Gasteiger partial charge in [0.05, 0.1) is 0 Å². The van der Waals surface area contributed by atoms with Crippen LogP contribution in [0.5, 0.6) is 0 Å². The quantitative estimate of drug-likeness (QED) is 0.246. The zero-order valence-electron chi connectivity index (χ0n) is 13.7. The summed E-state index contributed by atoms with van der Waals surface area (Å²) in [6, 6.07) is 0.833. The summed E-state index contributed by atoms with van der Waals surface area (Å²) in [5, 5.41) is 2.17. The van der Waals surface area contributed by atoms with Crippen molar-refractivity contribution in [3.63, 3.8) is 0 Å². The summed E-state index contributed by atoms with van der Waals surface area (Å²) in [5.74, 6) is -12.1. The second kappa shape index (κ2) is 8.57. The molecule has 1 rings (SSSR count). The van der Waals surface area contributed by atoms with E-state index in [2.05, 4.69) is 5.32 Å². The molecule has 1 aromatic carbocycles. The Kier molecular flexibility index (Phi) is 7.34. The normalized spacial score (nSPS) is 11.7. The number of carbonyl (C=O) groups excluding carboxylic acids is 1. The molecule has 0 atom stereocenters. The molecule has 9 heteroatoms. The Morgan fingerprint density at radius 3 is 1.96 bits per heavy atom. The molecule has 0 saturated carbocycles. The van der Waals surface area contributed by atoms with Crippen molar-refractivity contribution in [2.45, 2.75) is 38.9 Å². The number of rotatable bonds is 8. The van der Waals surface area contributed by atoms with Crippen LogP contribution in [0.15, 0.2) is 0 Å². The number of carbonyl (C=O) groups is 1. The molecule has 0 aromatic heterocycles. The molecule has 1 aromatic rings. The fourth-order valence-electron chi connectivity index (χ4n) is 2.23. The average Bonchev–Trinajstić information content (AvgIpc) is 2.50. The Bertz CT molecular complexity index is 581. The molecule has 1 amide bonds. The van der Waals surface area contributed by atoms with Crippen molar-refractivity contribution < 1.29 is 31.2 Å². The van der Waals surface area contributed by atoms with Crippen LogP contribution in [0.1, 0.15) is 30.1 Å². The van der Waals surface area contributed by atoms with Gasteiger partial charge in [0, 0.05) is 13.2 Å². The summed E-state index contributed by atoms with van der Waals surface area (Å²) in [6.07, 6.45) is 1.22. The van der Waals surface area contributed by atoms with Crippen molar-refractivity contribution in [2.24, 2.45) is 0 Å². The molecule has 0 spiro atoms. The second-order valence-corrected chi connectivity index (χ2v) is 10.2. The molecule has 0 aliphatic heterocycles. The van der Waals surface area contributed by atoms with E-state index in [0.717, 1.165) is 12.5 Å². The molecule has 24 heavy (non-hydrogen) atoms. The smallest absolute Gasteiger partial charge is 0.257 e. The highest BCUT2D eigenvalue weighted by molar-refractivity contribution is 6.71. The van der Waals surface area contributed by atoms with Gasteiger partial charge in [-0.25, -0.2) is 22.0 Å². The number of amides is 1. The third-order valence-corrected chi connectivity index (χ3v) is 6.09. The highest BCUT2D eigenvalue weighted by atomic mass is 28.4. The number of hydrogen-bond acceptors (Lipinski definition) is 2. The minimum absolute atomic E-state index is 0.0644. The monoisotopic (exact) mass is 369 g/mol. The lowest BCUT2D eigenvalue weighted by molar-refractivity contribution is 0.0941. The summed E-state index contributed by atoms with van der Waals surface area (Å²) in [7, 11) is -1.76. The van der Waals surface area contributed by atoms with Crippen LogP contribution in [0, 0.1) is 29.1 Å². The fraction of sp³-hybridized carbons (Fsp3) is 0.533. The fourth-order valence-corrected chi connectivity index (χ4v) is 4.26. The summed E-state index contributed by atoms with van der Waals surface area (Å²) < 4.78 is 71.6. The number of hydrogen-bond donors (Lipinski definition) is 1. The Labute approximate surface area is 138 Å². The van der Waals surface area contributed by atoms with E-state index >= 15 is 0 Å². The summed E-state index contributed by atoms with van der Waals surface area (Å²) in [5.41, 5.74) is -1.46. The molecule has 3 nitrogen and oxygen atoms in total. The molecule has 0 bridgehead atoms. The lowest BCUT2D eigenvalue weighted by Crippen LogP contribution is -2.31. The maximum absolute atomic E-state index is 13.5. The van der Waals surface area contributed by atoms with Gasteiger partial charge in [-0.15, -0.1) is 0 Å². The standard InChI is InChI=1S/C15H20F5NO2Si/c1-4-23-24(2,3)8-6-5-7-21-15(22)9-10(16)12(18)14(20)13(19)11(9)17/h4-8H2,1-3H3,(H,21,22). The van der Waals surface area contributed by atoms with Crippen LogP contribution < -0.4 is 5.32 Å². The molecule has 0 radical (unpaired) electrons. The van der Waals surface area contributed by atoms with Crippen LogP contribution in [-0.4, -0.2) is 27.4 Å². The van der Waals surface area contributed by atoms with E-state index in [0.29, 0.717) is 13.0 Å². The van der Waals surface area contributed by atoms with Crippen LogP contribution in [0.25, 0.3) is 0 Å². The van der Waals surface area contributed by atoms with Crippen LogP contribution in [-0.2, 0) is 4.43 Å². The first-order valence-corrected chi connectivity index (χ1v) is 10.7. The van der Waals surface area contributed by atoms with E-state index in [-0.39, 0.29) is 6.54 Å². The number of unbranched alkanes of at least 4 members (excludes halogenated alkanes) is 1. The predicted molar refractivity (Wildman–Crippen MR) is 81.7 cm³/mol. The average molecular weight is 369 g/mol. The maximum atomic E-state index is 13.5. The van der Waals surface area contributed by atoms with Crippen LogP contribution in [0.4, 0.5) is 22.0 Å². The molecule has 0 heterocycles. The van der Waals surface area contributed by atoms with Crippen LogP contribution in [0.2, 0.25) is 19.1 Å². The van der Waals surface area contributed by atoms with E-state index in [1.807, 2.05) is 20.0 Å². The van der Waals surface area contributed by atoms with Crippen LogP contribution in [0.3, 0.4) is 0 Å². The Morgan fingerprint density at radius 1 is 0.958 bits per heavy atom. The van der Waals surface area contributed by atoms with Crippen LogP contribution >= 0.6 is 0 Å². The zero-order chi connectivity index (χ0) is 18.5. The molecule has 136 valence electrons.